The summed E-state index contributed by atoms with van der Waals surface area (Å²) in [7, 11) is 0. The van der Waals surface area contributed by atoms with E-state index in [4.69, 9.17) is 5.73 Å². The largest absolute Gasteiger partial charge is 0.397 e. The van der Waals surface area contributed by atoms with Gasteiger partial charge in [0, 0.05) is 12.6 Å². The van der Waals surface area contributed by atoms with Crippen LogP contribution in [0, 0.1) is 11.6 Å². The molecule has 3 N–H and O–H groups in total. The van der Waals surface area contributed by atoms with Crippen LogP contribution in [0.25, 0.3) is 0 Å². The second-order valence-corrected chi connectivity index (χ2v) is 4.88. The number of hydrogen-bond donors (Lipinski definition) is 2. The summed E-state index contributed by atoms with van der Waals surface area (Å²) in [5.74, 6) is -1.77. The molecule has 1 aliphatic rings. The van der Waals surface area contributed by atoms with Crippen molar-refractivity contribution in [1.29, 1.82) is 0 Å². The van der Waals surface area contributed by atoms with Crippen LogP contribution < -0.4 is 11.1 Å². The minimum Gasteiger partial charge on any atom is -0.397 e. The van der Waals surface area contributed by atoms with Gasteiger partial charge in [-0.15, -0.1) is 0 Å². The molecule has 1 fully saturated rings. The van der Waals surface area contributed by atoms with E-state index < -0.39 is 11.6 Å². The summed E-state index contributed by atoms with van der Waals surface area (Å²) in [6.45, 7) is 4.91. The molecule has 2 rings (SSSR count). The van der Waals surface area contributed by atoms with Crippen LogP contribution in [0.15, 0.2) is 12.1 Å². The molecule has 1 unspecified atom stereocenters. The standard InChI is InChI=1S/C13H19F2N3/c1-9(8-18-6-2-3-7-18)17-13-11(16)5-4-10(14)12(13)15/h4-5,9,17H,2-3,6-8,16H2,1H3. The van der Waals surface area contributed by atoms with Crippen molar-refractivity contribution in [1.82, 2.24) is 4.90 Å². The first-order valence-electron chi connectivity index (χ1n) is 6.30. The van der Waals surface area contributed by atoms with Gasteiger partial charge in [0.25, 0.3) is 0 Å². The van der Waals surface area contributed by atoms with Gasteiger partial charge in [0.1, 0.15) is 0 Å². The topological polar surface area (TPSA) is 41.3 Å². The van der Waals surface area contributed by atoms with Gasteiger partial charge in [0.05, 0.1) is 11.4 Å². The third-order valence-corrected chi connectivity index (χ3v) is 3.25. The average molecular weight is 255 g/mol. The molecule has 0 saturated carbocycles. The number of nitrogens with zero attached hydrogens (tertiary/aromatic N) is 1. The Morgan fingerprint density at radius 2 is 2.00 bits per heavy atom. The maximum absolute atomic E-state index is 13.6. The highest BCUT2D eigenvalue weighted by Crippen LogP contribution is 2.25. The maximum atomic E-state index is 13.6. The summed E-state index contributed by atoms with van der Waals surface area (Å²) in [5.41, 5.74) is 5.97. The first-order chi connectivity index (χ1) is 8.58. The first-order valence-corrected chi connectivity index (χ1v) is 6.30. The summed E-state index contributed by atoms with van der Waals surface area (Å²) in [6, 6.07) is 2.45. The van der Waals surface area contributed by atoms with Crippen LogP contribution in [0.4, 0.5) is 20.2 Å². The zero-order valence-electron chi connectivity index (χ0n) is 10.5. The van der Waals surface area contributed by atoms with Gasteiger partial charge in [-0.2, -0.15) is 0 Å². The minimum atomic E-state index is -0.900. The predicted octanol–water partition coefficient (Wildman–Crippen LogP) is 2.44. The molecule has 0 spiro atoms. The zero-order chi connectivity index (χ0) is 13.1. The van der Waals surface area contributed by atoms with Gasteiger partial charge in [0.2, 0.25) is 0 Å². The molecule has 1 atom stereocenters. The minimum absolute atomic E-state index is 0.0294. The smallest absolute Gasteiger partial charge is 0.183 e. The van der Waals surface area contributed by atoms with Crippen molar-refractivity contribution in [3.8, 4) is 0 Å². The van der Waals surface area contributed by atoms with E-state index in [0.29, 0.717) is 0 Å². The molecular weight excluding hydrogens is 236 g/mol. The van der Waals surface area contributed by atoms with Crippen molar-refractivity contribution in [2.75, 3.05) is 30.7 Å². The Balaban J connectivity index is 2.01. The van der Waals surface area contributed by atoms with Crippen LogP contribution >= 0.6 is 0 Å². The van der Waals surface area contributed by atoms with E-state index in [2.05, 4.69) is 10.2 Å². The van der Waals surface area contributed by atoms with Gasteiger partial charge < -0.3 is 16.0 Å². The molecule has 1 aromatic carbocycles. The quantitative estimate of drug-likeness (QED) is 0.812. The van der Waals surface area contributed by atoms with E-state index in [-0.39, 0.29) is 17.4 Å². The number of anilines is 2. The molecule has 5 heteroatoms. The Bertz CT molecular complexity index is 417. The molecule has 0 aromatic heterocycles. The van der Waals surface area contributed by atoms with Gasteiger partial charge in [-0.3, -0.25) is 0 Å². The summed E-state index contributed by atoms with van der Waals surface area (Å²) in [6.07, 6.45) is 2.42. The number of benzene rings is 1. The number of likely N-dealkylation sites (tertiary alicyclic amines) is 1. The Labute approximate surface area is 106 Å². The predicted molar refractivity (Wildman–Crippen MR) is 69.5 cm³/mol. The van der Waals surface area contributed by atoms with Gasteiger partial charge in [-0.1, -0.05) is 0 Å². The molecule has 100 valence electrons. The molecule has 0 aliphatic carbocycles. The molecule has 3 nitrogen and oxygen atoms in total. The van der Waals surface area contributed by atoms with E-state index in [1.807, 2.05) is 6.92 Å². The summed E-state index contributed by atoms with van der Waals surface area (Å²) >= 11 is 0. The summed E-state index contributed by atoms with van der Waals surface area (Å²) in [5, 5.41) is 2.96. The van der Waals surface area contributed by atoms with E-state index in [1.165, 1.54) is 18.9 Å². The third kappa shape index (κ3) is 2.90. The SMILES string of the molecule is CC(CN1CCCC1)Nc1c(N)ccc(F)c1F. The van der Waals surface area contributed by atoms with Crippen LogP contribution in [0.3, 0.4) is 0 Å². The van der Waals surface area contributed by atoms with E-state index in [0.717, 1.165) is 25.7 Å². The number of nitrogens with one attached hydrogen (secondary N) is 1. The van der Waals surface area contributed by atoms with Gasteiger partial charge in [-0.05, 0) is 45.0 Å². The fourth-order valence-electron chi connectivity index (χ4n) is 2.36. The Morgan fingerprint density at radius 1 is 1.33 bits per heavy atom. The highest BCUT2D eigenvalue weighted by molar-refractivity contribution is 5.67. The van der Waals surface area contributed by atoms with Crippen LogP contribution in [0.2, 0.25) is 0 Å². The molecular formula is C13H19F2N3. The molecule has 1 heterocycles. The number of nitrogen functional groups attached to an aromatic ring is 1. The molecule has 1 saturated heterocycles. The van der Waals surface area contributed by atoms with Gasteiger partial charge in [0.15, 0.2) is 11.6 Å². The van der Waals surface area contributed by atoms with Crippen LogP contribution in [0.1, 0.15) is 19.8 Å². The Hall–Kier alpha value is -1.36. The van der Waals surface area contributed by atoms with Crippen molar-refractivity contribution >= 4 is 11.4 Å². The van der Waals surface area contributed by atoms with Crippen molar-refractivity contribution in [3.63, 3.8) is 0 Å². The van der Waals surface area contributed by atoms with Crippen molar-refractivity contribution in [2.24, 2.45) is 0 Å². The monoisotopic (exact) mass is 255 g/mol. The lowest BCUT2D eigenvalue weighted by Crippen LogP contribution is -2.33. The fourth-order valence-corrected chi connectivity index (χ4v) is 2.36. The molecule has 0 amide bonds. The third-order valence-electron chi connectivity index (χ3n) is 3.25. The molecule has 1 aliphatic heterocycles. The number of nitrogens with two attached hydrogens (primary N) is 1. The average Bonchev–Trinajstić information content (AvgIpc) is 2.82. The van der Waals surface area contributed by atoms with Crippen molar-refractivity contribution < 1.29 is 8.78 Å². The molecule has 0 bridgehead atoms. The Kier molecular flexibility index (Phi) is 4.01. The number of halogens is 2. The second-order valence-electron chi connectivity index (χ2n) is 4.88. The van der Waals surface area contributed by atoms with Gasteiger partial charge in [-0.25, -0.2) is 8.78 Å². The van der Waals surface area contributed by atoms with E-state index in [1.54, 1.807) is 0 Å². The van der Waals surface area contributed by atoms with Crippen LogP contribution in [-0.4, -0.2) is 30.6 Å². The lowest BCUT2D eigenvalue weighted by molar-refractivity contribution is 0.327. The lowest BCUT2D eigenvalue weighted by atomic mass is 10.2. The summed E-state index contributed by atoms with van der Waals surface area (Å²) in [4.78, 5) is 2.31. The normalized spacial score (nSPS) is 17.9. The maximum Gasteiger partial charge on any atom is 0.183 e. The summed E-state index contributed by atoms with van der Waals surface area (Å²) < 4.78 is 26.7. The molecule has 0 radical (unpaired) electrons. The van der Waals surface area contributed by atoms with Crippen molar-refractivity contribution in [3.05, 3.63) is 23.8 Å². The number of rotatable bonds is 4. The Morgan fingerprint density at radius 3 is 2.67 bits per heavy atom. The van der Waals surface area contributed by atoms with Crippen molar-refractivity contribution in [2.45, 2.75) is 25.8 Å². The van der Waals surface area contributed by atoms with Gasteiger partial charge >= 0.3 is 0 Å². The first kappa shape index (κ1) is 13.1. The number of hydrogen-bond acceptors (Lipinski definition) is 3. The van der Waals surface area contributed by atoms with E-state index in [9.17, 15) is 8.78 Å². The van der Waals surface area contributed by atoms with Crippen LogP contribution in [-0.2, 0) is 0 Å². The second kappa shape index (κ2) is 5.52. The van der Waals surface area contributed by atoms with E-state index >= 15 is 0 Å². The zero-order valence-corrected chi connectivity index (χ0v) is 10.5. The lowest BCUT2D eigenvalue weighted by Gasteiger charge is -2.23. The fraction of sp³-hybridized carbons (Fsp3) is 0.538. The van der Waals surface area contributed by atoms with Crippen LogP contribution in [0.5, 0.6) is 0 Å². The molecule has 18 heavy (non-hydrogen) atoms. The highest BCUT2D eigenvalue weighted by atomic mass is 19.2. The molecule has 1 aromatic rings. The highest BCUT2D eigenvalue weighted by Gasteiger charge is 2.17.